The average Bonchev–Trinajstić information content (AvgIpc) is 3.38. The number of halogens is 1. The second kappa shape index (κ2) is 5.70. The predicted octanol–water partition coefficient (Wildman–Crippen LogP) is 3.05. The first-order valence-corrected chi connectivity index (χ1v) is 8.88. The number of H-pyrrole nitrogens is 1. The number of fused-ring (bicyclic) bond motifs is 1. The fourth-order valence-corrected chi connectivity index (χ4v) is 3.99. The van der Waals surface area contributed by atoms with Crippen molar-refractivity contribution in [2.45, 2.75) is 0 Å². The van der Waals surface area contributed by atoms with Crippen molar-refractivity contribution in [2.75, 3.05) is 18.5 Å². The smallest absolute Gasteiger partial charge is 0.212 e. The molecule has 0 aliphatic carbocycles. The molecule has 6 nitrogen and oxygen atoms in total. The Balaban J connectivity index is 1.44. The quantitative estimate of drug-likeness (QED) is 0.725. The first-order chi connectivity index (χ1) is 12.7. The molecule has 1 aromatic carbocycles. The molecule has 2 aliphatic heterocycles. The maximum Gasteiger partial charge on any atom is 0.212 e. The van der Waals surface area contributed by atoms with Gasteiger partial charge in [-0.05, 0) is 17.7 Å². The molecule has 0 atom stereocenters. The first kappa shape index (κ1) is 15.2. The van der Waals surface area contributed by atoms with Crippen LogP contribution in [0.4, 0.5) is 9.52 Å². The van der Waals surface area contributed by atoms with Crippen LogP contribution in [0, 0.1) is 5.82 Å². The van der Waals surface area contributed by atoms with Crippen LogP contribution in [0.25, 0.3) is 21.7 Å². The summed E-state index contributed by atoms with van der Waals surface area (Å²) in [5, 5.41) is 16.4. The van der Waals surface area contributed by atoms with Crippen molar-refractivity contribution in [3.05, 3.63) is 60.0 Å². The Bertz CT molecular complexity index is 1090. The van der Waals surface area contributed by atoms with Crippen LogP contribution in [0.3, 0.4) is 0 Å². The fraction of sp³-hybridized carbons (Fsp3) is 0.111. The van der Waals surface area contributed by atoms with Gasteiger partial charge in [-0.15, -0.1) is 10.2 Å². The number of rotatable bonds is 3. The molecule has 8 heteroatoms. The van der Waals surface area contributed by atoms with Gasteiger partial charge in [0.15, 0.2) is 17.4 Å². The molecule has 2 aliphatic rings. The van der Waals surface area contributed by atoms with Gasteiger partial charge in [0.05, 0.1) is 23.9 Å². The van der Waals surface area contributed by atoms with Gasteiger partial charge in [0.2, 0.25) is 5.13 Å². The number of hydrogen-bond donors (Lipinski definition) is 1. The number of aromatic nitrogens is 4. The monoisotopic (exact) mass is 365 g/mol. The highest BCUT2D eigenvalue weighted by atomic mass is 32.1. The highest BCUT2D eigenvalue weighted by Gasteiger charge is 2.28. The maximum atomic E-state index is 14.6. The lowest BCUT2D eigenvalue weighted by molar-refractivity contribution is -0.413. The molecular formula is C18H14FN6S+. The molecule has 1 N–H and O–H groups in total. The van der Waals surface area contributed by atoms with Gasteiger partial charge in [-0.3, -0.25) is 5.10 Å². The highest BCUT2D eigenvalue weighted by molar-refractivity contribution is 7.18. The van der Waals surface area contributed by atoms with Gasteiger partial charge < -0.3 is 4.90 Å². The molecule has 0 amide bonds. The van der Waals surface area contributed by atoms with E-state index in [1.54, 1.807) is 18.5 Å². The number of nitrogens with one attached hydrogen (secondary N) is 1. The molecular weight excluding hydrogens is 351 g/mol. The van der Waals surface area contributed by atoms with Crippen LogP contribution >= 0.6 is 11.3 Å². The maximum absolute atomic E-state index is 14.6. The normalized spacial score (nSPS) is 15.8. The molecule has 0 unspecified atom stereocenters. The summed E-state index contributed by atoms with van der Waals surface area (Å²) in [5.41, 5.74) is 4.50. The lowest BCUT2D eigenvalue weighted by Gasteiger charge is -2.09. The van der Waals surface area contributed by atoms with E-state index in [2.05, 4.69) is 39.0 Å². The third-order valence-corrected chi connectivity index (χ3v) is 5.39. The van der Waals surface area contributed by atoms with Crippen molar-refractivity contribution in [1.82, 2.24) is 20.4 Å². The van der Waals surface area contributed by atoms with Crippen molar-refractivity contribution in [2.24, 2.45) is 0 Å². The zero-order chi connectivity index (χ0) is 17.7. The molecule has 0 saturated heterocycles. The van der Waals surface area contributed by atoms with Crippen molar-refractivity contribution in [3.8, 4) is 21.7 Å². The van der Waals surface area contributed by atoms with E-state index in [0.717, 1.165) is 22.8 Å². The van der Waals surface area contributed by atoms with Crippen LogP contribution in [0.5, 0.6) is 0 Å². The SMILES string of the molecule is C[N+]1=CC2=CN(c3nnc(-c4ccc(-c5cn[nH]c5)cc4F)s3)CC2=C1. The molecule has 0 spiro atoms. The second-order valence-corrected chi connectivity index (χ2v) is 7.19. The van der Waals surface area contributed by atoms with Crippen molar-refractivity contribution in [3.63, 3.8) is 0 Å². The Kier molecular flexibility index (Phi) is 3.32. The van der Waals surface area contributed by atoms with E-state index in [1.165, 1.54) is 28.5 Å². The van der Waals surface area contributed by atoms with Crippen LogP contribution in [0.1, 0.15) is 0 Å². The van der Waals surface area contributed by atoms with Gasteiger partial charge >= 0.3 is 0 Å². The number of aromatic amines is 1. The molecule has 0 saturated carbocycles. The standard InChI is InChI=1S/C18H14FN6S/c1-24-7-13-9-25(10-14(13)8-24)18-23-22-17(26-18)15-3-2-11(4-16(15)19)12-5-20-21-6-12/h2-9H,10H2,1H3,(H,20,21)/q+1. The number of hydrogen-bond acceptors (Lipinski definition) is 5. The van der Waals surface area contributed by atoms with Gasteiger partial charge in [-0.1, -0.05) is 17.4 Å². The van der Waals surface area contributed by atoms with E-state index in [0.29, 0.717) is 10.6 Å². The topological polar surface area (TPSA) is 60.7 Å². The molecule has 2 aromatic heterocycles. The fourth-order valence-electron chi connectivity index (χ4n) is 3.15. The lowest BCUT2D eigenvalue weighted by atomic mass is 10.1. The zero-order valence-corrected chi connectivity index (χ0v) is 14.7. The Morgan fingerprint density at radius 3 is 2.96 bits per heavy atom. The zero-order valence-electron chi connectivity index (χ0n) is 13.8. The molecule has 0 radical (unpaired) electrons. The Hall–Kier alpha value is -3.13. The lowest BCUT2D eigenvalue weighted by Crippen LogP contribution is -2.13. The van der Waals surface area contributed by atoms with E-state index >= 15 is 0 Å². The first-order valence-electron chi connectivity index (χ1n) is 8.06. The van der Waals surface area contributed by atoms with Crippen molar-refractivity contribution >= 4 is 22.7 Å². The summed E-state index contributed by atoms with van der Waals surface area (Å²) < 4.78 is 16.7. The molecule has 26 heavy (non-hydrogen) atoms. The minimum Gasteiger partial charge on any atom is -0.318 e. The average molecular weight is 365 g/mol. The Labute approximate surface area is 152 Å². The number of nitrogens with zero attached hydrogens (tertiary/aromatic N) is 5. The summed E-state index contributed by atoms with van der Waals surface area (Å²) in [5.74, 6) is -0.319. The van der Waals surface area contributed by atoms with E-state index in [-0.39, 0.29) is 5.82 Å². The van der Waals surface area contributed by atoms with Crippen LogP contribution < -0.4 is 4.90 Å². The predicted molar refractivity (Wildman–Crippen MR) is 98.6 cm³/mol. The van der Waals surface area contributed by atoms with Crippen LogP contribution in [0.2, 0.25) is 0 Å². The molecule has 4 heterocycles. The van der Waals surface area contributed by atoms with Crippen molar-refractivity contribution in [1.29, 1.82) is 0 Å². The minimum atomic E-state index is -0.319. The molecule has 0 fully saturated rings. The Morgan fingerprint density at radius 2 is 2.19 bits per heavy atom. The number of anilines is 1. The minimum absolute atomic E-state index is 0.319. The van der Waals surface area contributed by atoms with Crippen LogP contribution in [-0.4, -0.2) is 44.8 Å². The second-order valence-electron chi connectivity index (χ2n) is 6.23. The molecule has 5 rings (SSSR count). The third kappa shape index (κ3) is 2.46. The van der Waals surface area contributed by atoms with E-state index in [4.69, 9.17) is 0 Å². The summed E-state index contributed by atoms with van der Waals surface area (Å²) in [4.78, 5) is 2.05. The van der Waals surface area contributed by atoms with Gasteiger partial charge in [-0.25, -0.2) is 8.97 Å². The molecule has 3 aromatic rings. The van der Waals surface area contributed by atoms with E-state index in [1.807, 2.05) is 22.6 Å². The van der Waals surface area contributed by atoms with Crippen LogP contribution in [-0.2, 0) is 0 Å². The summed E-state index contributed by atoms with van der Waals surface area (Å²) in [6, 6.07) is 5.10. The summed E-state index contributed by atoms with van der Waals surface area (Å²) in [7, 11) is 2.01. The summed E-state index contributed by atoms with van der Waals surface area (Å²) in [6.07, 6.45) is 9.63. The largest absolute Gasteiger partial charge is 0.318 e. The van der Waals surface area contributed by atoms with Crippen LogP contribution in [0.15, 0.2) is 54.1 Å². The van der Waals surface area contributed by atoms with Gasteiger partial charge in [0.1, 0.15) is 12.9 Å². The van der Waals surface area contributed by atoms with Gasteiger partial charge in [-0.2, -0.15) is 5.10 Å². The molecule has 0 bridgehead atoms. The van der Waals surface area contributed by atoms with Crippen molar-refractivity contribution < 1.29 is 8.97 Å². The summed E-state index contributed by atoms with van der Waals surface area (Å²) >= 11 is 1.39. The van der Waals surface area contributed by atoms with E-state index < -0.39 is 0 Å². The Morgan fingerprint density at radius 1 is 1.27 bits per heavy atom. The van der Waals surface area contributed by atoms with Gasteiger partial charge in [0.25, 0.3) is 0 Å². The number of benzene rings is 1. The summed E-state index contributed by atoms with van der Waals surface area (Å²) in [6.45, 7) is 0.757. The molecule has 128 valence electrons. The third-order valence-electron chi connectivity index (χ3n) is 4.40. The highest BCUT2D eigenvalue weighted by Crippen LogP contribution is 2.35. The van der Waals surface area contributed by atoms with E-state index in [9.17, 15) is 4.39 Å². The van der Waals surface area contributed by atoms with Gasteiger partial charge in [0, 0.05) is 23.5 Å².